The van der Waals surface area contributed by atoms with E-state index in [4.69, 9.17) is 4.74 Å². The van der Waals surface area contributed by atoms with Gasteiger partial charge in [-0.15, -0.1) is 0 Å². The van der Waals surface area contributed by atoms with Crippen LogP contribution in [0.1, 0.15) is 29.4 Å². The van der Waals surface area contributed by atoms with Crippen LogP contribution in [0.25, 0.3) is 0 Å². The van der Waals surface area contributed by atoms with E-state index in [1.54, 1.807) is 17.1 Å². The molecule has 0 radical (unpaired) electrons. The summed E-state index contributed by atoms with van der Waals surface area (Å²) < 4.78 is 7.41. The summed E-state index contributed by atoms with van der Waals surface area (Å²) in [5.41, 5.74) is 4.53. The number of aryl methyl sites for hydroxylation is 1. The van der Waals surface area contributed by atoms with Crippen molar-refractivity contribution in [2.75, 3.05) is 13.2 Å². The Morgan fingerprint density at radius 1 is 1.32 bits per heavy atom. The number of nitrogens with zero attached hydrogens (tertiary/aromatic N) is 3. The average molecular weight is 342 g/mol. The van der Waals surface area contributed by atoms with E-state index in [2.05, 4.69) is 22.3 Å². The molecule has 2 atom stereocenters. The molecule has 0 aliphatic carbocycles. The van der Waals surface area contributed by atoms with E-state index in [1.165, 1.54) is 11.1 Å². The Kier molecular flexibility index (Phi) is 5.48. The molecule has 134 valence electrons. The average Bonchev–Trinajstić information content (AvgIpc) is 3.13. The maximum atomic E-state index is 12.5. The Labute approximate surface area is 148 Å². The molecule has 1 aliphatic rings. The first kappa shape index (κ1) is 17.6. The van der Waals surface area contributed by atoms with E-state index in [9.17, 15) is 4.79 Å². The van der Waals surface area contributed by atoms with Crippen LogP contribution in [0, 0.1) is 19.8 Å². The van der Waals surface area contributed by atoms with Crippen molar-refractivity contribution in [3.63, 3.8) is 0 Å². The standard InChI is InChI=1S/C19H26N4O2/c1-4-17-13(2)22-23(14(17)3)10-19(24)21-18-12-25-11-16(18)9-15-5-7-20-8-6-15/h5-8,16,18H,4,9-12H2,1-3H3,(H,21,24)/t16-,18+/m1/s1. The van der Waals surface area contributed by atoms with Crippen LogP contribution < -0.4 is 5.32 Å². The molecule has 0 bridgehead atoms. The number of nitrogens with one attached hydrogen (secondary N) is 1. The number of rotatable bonds is 6. The smallest absolute Gasteiger partial charge is 0.242 e. The van der Waals surface area contributed by atoms with Crippen LogP contribution in [0.5, 0.6) is 0 Å². The van der Waals surface area contributed by atoms with E-state index in [1.807, 2.05) is 26.0 Å². The number of carbonyl (C=O) groups excluding carboxylic acids is 1. The quantitative estimate of drug-likeness (QED) is 0.870. The van der Waals surface area contributed by atoms with Gasteiger partial charge in [-0.1, -0.05) is 6.92 Å². The van der Waals surface area contributed by atoms with Gasteiger partial charge in [0.2, 0.25) is 5.91 Å². The Hall–Kier alpha value is -2.21. The SMILES string of the molecule is CCc1c(C)nn(CC(=O)N[C@H]2COC[C@H]2Cc2ccncc2)c1C. The van der Waals surface area contributed by atoms with Crippen LogP contribution in [0.15, 0.2) is 24.5 Å². The molecular formula is C19H26N4O2. The van der Waals surface area contributed by atoms with Gasteiger partial charge in [-0.05, 0) is 49.9 Å². The highest BCUT2D eigenvalue weighted by Gasteiger charge is 2.29. The molecule has 0 aromatic carbocycles. The second-order valence-electron chi connectivity index (χ2n) is 6.69. The Balaban J connectivity index is 1.60. The van der Waals surface area contributed by atoms with E-state index < -0.39 is 0 Å². The third kappa shape index (κ3) is 4.07. The molecule has 2 aromatic heterocycles. The maximum absolute atomic E-state index is 12.5. The van der Waals surface area contributed by atoms with Crippen LogP contribution in [-0.4, -0.2) is 39.9 Å². The number of hydrogen-bond acceptors (Lipinski definition) is 4. The van der Waals surface area contributed by atoms with Gasteiger partial charge in [0.1, 0.15) is 6.54 Å². The number of ether oxygens (including phenoxy) is 1. The van der Waals surface area contributed by atoms with Gasteiger partial charge < -0.3 is 10.1 Å². The number of amides is 1. The summed E-state index contributed by atoms with van der Waals surface area (Å²) in [6, 6.07) is 4.07. The number of hydrogen-bond donors (Lipinski definition) is 1. The summed E-state index contributed by atoms with van der Waals surface area (Å²) in [5.74, 6) is 0.279. The number of pyridine rings is 1. The molecule has 1 fully saturated rings. The van der Waals surface area contributed by atoms with Crippen LogP contribution in [-0.2, 0) is 28.9 Å². The molecule has 1 N–H and O–H groups in total. The normalized spacial score (nSPS) is 20.0. The first-order valence-corrected chi connectivity index (χ1v) is 8.87. The molecule has 3 heterocycles. The molecule has 0 saturated carbocycles. The lowest BCUT2D eigenvalue weighted by Gasteiger charge is -2.19. The molecule has 0 unspecified atom stereocenters. The summed E-state index contributed by atoms with van der Waals surface area (Å²) >= 11 is 0. The Morgan fingerprint density at radius 2 is 2.08 bits per heavy atom. The maximum Gasteiger partial charge on any atom is 0.242 e. The summed E-state index contributed by atoms with van der Waals surface area (Å²) in [6.45, 7) is 7.63. The fourth-order valence-electron chi connectivity index (χ4n) is 3.57. The molecule has 2 aromatic rings. The molecule has 6 heteroatoms. The van der Waals surface area contributed by atoms with Crippen molar-refractivity contribution in [2.45, 2.75) is 46.2 Å². The van der Waals surface area contributed by atoms with Gasteiger partial charge in [0.25, 0.3) is 0 Å². The van der Waals surface area contributed by atoms with E-state index >= 15 is 0 Å². The van der Waals surface area contributed by atoms with Gasteiger partial charge in [-0.25, -0.2) is 0 Å². The summed E-state index contributed by atoms with van der Waals surface area (Å²) in [5, 5.41) is 7.63. The van der Waals surface area contributed by atoms with Gasteiger partial charge in [-0.2, -0.15) is 5.10 Å². The van der Waals surface area contributed by atoms with Crippen molar-refractivity contribution < 1.29 is 9.53 Å². The molecule has 3 rings (SSSR count). The van der Waals surface area contributed by atoms with Crippen LogP contribution in [0.4, 0.5) is 0 Å². The van der Waals surface area contributed by atoms with Crippen molar-refractivity contribution in [3.05, 3.63) is 47.0 Å². The zero-order chi connectivity index (χ0) is 17.8. The largest absolute Gasteiger partial charge is 0.379 e. The second kappa shape index (κ2) is 7.78. The van der Waals surface area contributed by atoms with E-state index in [0.29, 0.717) is 13.2 Å². The highest BCUT2D eigenvalue weighted by atomic mass is 16.5. The minimum atomic E-state index is -0.0107. The lowest BCUT2D eigenvalue weighted by Crippen LogP contribution is -2.42. The summed E-state index contributed by atoms with van der Waals surface area (Å²) in [6.07, 6.45) is 5.41. The van der Waals surface area contributed by atoms with Crippen molar-refractivity contribution in [1.29, 1.82) is 0 Å². The van der Waals surface area contributed by atoms with Crippen LogP contribution in [0.3, 0.4) is 0 Å². The van der Waals surface area contributed by atoms with Gasteiger partial charge in [0, 0.05) is 24.0 Å². The predicted octanol–water partition coefficient (Wildman–Crippen LogP) is 1.83. The molecule has 25 heavy (non-hydrogen) atoms. The number of carbonyl (C=O) groups is 1. The molecule has 6 nitrogen and oxygen atoms in total. The first-order chi connectivity index (χ1) is 12.1. The molecule has 1 saturated heterocycles. The van der Waals surface area contributed by atoms with Crippen molar-refractivity contribution in [2.24, 2.45) is 5.92 Å². The number of aromatic nitrogens is 3. The van der Waals surface area contributed by atoms with Gasteiger partial charge in [0.15, 0.2) is 0 Å². The highest BCUT2D eigenvalue weighted by molar-refractivity contribution is 5.76. The molecular weight excluding hydrogens is 316 g/mol. The molecule has 0 spiro atoms. The highest BCUT2D eigenvalue weighted by Crippen LogP contribution is 2.19. The van der Waals surface area contributed by atoms with Gasteiger partial charge in [0.05, 0.1) is 24.9 Å². The lowest BCUT2D eigenvalue weighted by atomic mass is 9.95. The second-order valence-corrected chi connectivity index (χ2v) is 6.69. The molecule has 1 amide bonds. The summed E-state index contributed by atoms with van der Waals surface area (Å²) in [4.78, 5) is 16.5. The van der Waals surface area contributed by atoms with Crippen molar-refractivity contribution in [3.8, 4) is 0 Å². The zero-order valence-electron chi connectivity index (χ0n) is 15.2. The minimum absolute atomic E-state index is 0.0107. The van der Waals surface area contributed by atoms with Crippen molar-refractivity contribution in [1.82, 2.24) is 20.1 Å². The van der Waals surface area contributed by atoms with E-state index in [0.717, 1.165) is 24.2 Å². The first-order valence-electron chi connectivity index (χ1n) is 8.87. The topological polar surface area (TPSA) is 69.0 Å². The van der Waals surface area contributed by atoms with E-state index in [-0.39, 0.29) is 24.4 Å². The summed E-state index contributed by atoms with van der Waals surface area (Å²) in [7, 11) is 0. The van der Waals surface area contributed by atoms with Crippen molar-refractivity contribution >= 4 is 5.91 Å². The Morgan fingerprint density at radius 3 is 2.76 bits per heavy atom. The monoisotopic (exact) mass is 342 g/mol. The Bertz CT molecular complexity index is 727. The zero-order valence-corrected chi connectivity index (χ0v) is 15.2. The van der Waals surface area contributed by atoms with Crippen LogP contribution in [0.2, 0.25) is 0 Å². The minimum Gasteiger partial charge on any atom is -0.379 e. The van der Waals surface area contributed by atoms with Gasteiger partial charge in [-0.3, -0.25) is 14.5 Å². The van der Waals surface area contributed by atoms with Crippen LogP contribution >= 0.6 is 0 Å². The molecule has 1 aliphatic heterocycles. The third-order valence-electron chi connectivity index (χ3n) is 4.97. The lowest BCUT2D eigenvalue weighted by molar-refractivity contribution is -0.122. The third-order valence-corrected chi connectivity index (χ3v) is 4.97. The fourth-order valence-corrected chi connectivity index (χ4v) is 3.57. The fraction of sp³-hybridized carbons (Fsp3) is 0.526. The van der Waals surface area contributed by atoms with Gasteiger partial charge >= 0.3 is 0 Å². The predicted molar refractivity (Wildman–Crippen MR) is 95.3 cm³/mol.